The van der Waals surface area contributed by atoms with E-state index in [-0.39, 0.29) is 5.41 Å². The van der Waals surface area contributed by atoms with Gasteiger partial charge in [0, 0.05) is 24.1 Å². The first-order chi connectivity index (χ1) is 12.0. The minimum absolute atomic E-state index is 0.207. The molecule has 5 nitrogen and oxygen atoms in total. The molecular weight excluding hydrogens is 312 g/mol. The molecule has 0 amide bonds. The molecule has 0 aliphatic heterocycles. The number of rotatable bonds is 4. The van der Waals surface area contributed by atoms with E-state index >= 15 is 0 Å². The molecule has 0 spiro atoms. The summed E-state index contributed by atoms with van der Waals surface area (Å²) >= 11 is 0. The number of aliphatic hydroxyl groups is 1. The highest BCUT2D eigenvalue weighted by Gasteiger charge is 2.59. The molecule has 3 atom stereocenters. The SMILES string of the molecule is CCc1cc(-c2nccn2[C@H](C)C23C[C@@H]4C[C@H](CC(O)(C4)C2)C3)n[nH]1. The van der Waals surface area contributed by atoms with Gasteiger partial charge in [-0.2, -0.15) is 5.10 Å². The van der Waals surface area contributed by atoms with Crippen molar-refractivity contribution >= 4 is 0 Å². The molecule has 0 aromatic carbocycles. The van der Waals surface area contributed by atoms with Gasteiger partial charge in [0.1, 0.15) is 5.69 Å². The van der Waals surface area contributed by atoms with Gasteiger partial charge >= 0.3 is 0 Å². The first kappa shape index (κ1) is 15.6. The van der Waals surface area contributed by atoms with Crippen LogP contribution in [0.15, 0.2) is 18.5 Å². The van der Waals surface area contributed by atoms with E-state index in [1.807, 2.05) is 6.20 Å². The molecule has 4 fully saturated rings. The Morgan fingerprint density at radius 2 is 2.08 bits per heavy atom. The predicted molar refractivity (Wildman–Crippen MR) is 96.0 cm³/mol. The van der Waals surface area contributed by atoms with Gasteiger partial charge < -0.3 is 9.67 Å². The molecule has 0 unspecified atom stereocenters. The van der Waals surface area contributed by atoms with E-state index in [1.54, 1.807) is 0 Å². The highest BCUT2D eigenvalue weighted by Crippen LogP contribution is 2.65. The summed E-state index contributed by atoms with van der Waals surface area (Å²) in [6.07, 6.45) is 11.8. The van der Waals surface area contributed by atoms with Gasteiger partial charge in [-0.05, 0) is 75.2 Å². The second-order valence-electron chi connectivity index (χ2n) is 9.01. The monoisotopic (exact) mass is 340 g/mol. The Hall–Kier alpha value is -1.62. The van der Waals surface area contributed by atoms with E-state index in [4.69, 9.17) is 0 Å². The van der Waals surface area contributed by atoms with Crippen LogP contribution in [0.2, 0.25) is 0 Å². The van der Waals surface area contributed by atoms with Crippen molar-refractivity contribution in [1.82, 2.24) is 19.7 Å². The fourth-order valence-electron chi connectivity index (χ4n) is 6.55. The first-order valence-corrected chi connectivity index (χ1v) is 9.80. The maximum absolute atomic E-state index is 11.1. The van der Waals surface area contributed by atoms with Crippen molar-refractivity contribution in [3.05, 3.63) is 24.2 Å². The molecule has 4 aliphatic carbocycles. The van der Waals surface area contributed by atoms with Crippen LogP contribution in [0.5, 0.6) is 0 Å². The van der Waals surface area contributed by atoms with Crippen LogP contribution in [0.4, 0.5) is 0 Å². The molecular formula is C20H28N4O. The van der Waals surface area contributed by atoms with Gasteiger partial charge in [0.15, 0.2) is 5.82 Å². The summed E-state index contributed by atoms with van der Waals surface area (Å²) < 4.78 is 2.31. The van der Waals surface area contributed by atoms with Crippen LogP contribution in [-0.4, -0.2) is 30.5 Å². The lowest BCUT2D eigenvalue weighted by Crippen LogP contribution is -2.57. The zero-order chi connectivity index (χ0) is 17.2. The quantitative estimate of drug-likeness (QED) is 0.891. The second-order valence-corrected chi connectivity index (χ2v) is 9.01. The fourth-order valence-corrected chi connectivity index (χ4v) is 6.55. The number of aromatic nitrogens is 4. The number of imidazole rings is 1. The van der Waals surface area contributed by atoms with Crippen LogP contribution in [-0.2, 0) is 6.42 Å². The van der Waals surface area contributed by atoms with Crippen molar-refractivity contribution in [3.63, 3.8) is 0 Å². The maximum Gasteiger partial charge on any atom is 0.160 e. The Labute approximate surface area is 148 Å². The third kappa shape index (κ3) is 2.31. The number of H-pyrrole nitrogens is 1. The molecule has 4 bridgehead atoms. The minimum Gasteiger partial charge on any atom is -0.390 e. The molecule has 2 heterocycles. The van der Waals surface area contributed by atoms with Crippen LogP contribution >= 0.6 is 0 Å². The van der Waals surface area contributed by atoms with Gasteiger partial charge in [-0.3, -0.25) is 5.10 Å². The summed E-state index contributed by atoms with van der Waals surface area (Å²) in [4.78, 5) is 4.62. The van der Waals surface area contributed by atoms with E-state index in [1.165, 1.54) is 19.3 Å². The summed E-state index contributed by atoms with van der Waals surface area (Å²) in [5.41, 5.74) is 1.86. The summed E-state index contributed by atoms with van der Waals surface area (Å²) in [5.74, 6) is 2.36. The molecule has 6 rings (SSSR count). The molecule has 2 aromatic heterocycles. The lowest BCUT2D eigenvalue weighted by Gasteiger charge is -2.62. The third-order valence-corrected chi connectivity index (χ3v) is 7.29. The smallest absolute Gasteiger partial charge is 0.160 e. The number of hydrogen-bond acceptors (Lipinski definition) is 3. The lowest BCUT2D eigenvalue weighted by molar-refractivity contribution is -0.176. The number of nitrogens with one attached hydrogen (secondary N) is 1. The highest BCUT2D eigenvalue weighted by atomic mass is 16.3. The number of aryl methyl sites for hydroxylation is 1. The molecule has 2 N–H and O–H groups in total. The molecule has 0 radical (unpaired) electrons. The highest BCUT2D eigenvalue weighted by molar-refractivity contribution is 5.50. The van der Waals surface area contributed by atoms with Crippen molar-refractivity contribution in [2.24, 2.45) is 17.3 Å². The number of nitrogens with zero attached hydrogens (tertiary/aromatic N) is 3. The number of hydrogen-bond donors (Lipinski definition) is 2. The zero-order valence-corrected chi connectivity index (χ0v) is 15.2. The third-order valence-electron chi connectivity index (χ3n) is 7.29. The van der Waals surface area contributed by atoms with E-state index in [2.05, 4.69) is 45.9 Å². The normalized spacial score (nSPS) is 37.6. The molecule has 25 heavy (non-hydrogen) atoms. The largest absolute Gasteiger partial charge is 0.390 e. The van der Waals surface area contributed by atoms with Crippen LogP contribution < -0.4 is 0 Å². The molecule has 134 valence electrons. The van der Waals surface area contributed by atoms with E-state index in [0.717, 1.165) is 42.9 Å². The molecule has 5 heteroatoms. The lowest BCUT2D eigenvalue weighted by atomic mass is 9.46. The van der Waals surface area contributed by atoms with Gasteiger partial charge in [0.25, 0.3) is 0 Å². The van der Waals surface area contributed by atoms with E-state index in [0.29, 0.717) is 17.9 Å². The number of aromatic amines is 1. The van der Waals surface area contributed by atoms with Crippen LogP contribution in [0.1, 0.15) is 64.1 Å². The van der Waals surface area contributed by atoms with Gasteiger partial charge in [-0.25, -0.2) is 4.98 Å². The van der Waals surface area contributed by atoms with Crippen molar-refractivity contribution in [3.8, 4) is 11.5 Å². The van der Waals surface area contributed by atoms with Gasteiger partial charge in [0.05, 0.1) is 5.60 Å². The van der Waals surface area contributed by atoms with Crippen molar-refractivity contribution < 1.29 is 5.11 Å². The summed E-state index contributed by atoms with van der Waals surface area (Å²) in [6.45, 7) is 4.46. The Bertz CT molecular complexity index is 777. The van der Waals surface area contributed by atoms with Crippen molar-refractivity contribution in [2.45, 2.75) is 70.4 Å². The Morgan fingerprint density at radius 1 is 1.32 bits per heavy atom. The van der Waals surface area contributed by atoms with Crippen LogP contribution in [0, 0.1) is 17.3 Å². The molecule has 0 saturated heterocycles. The molecule has 4 aliphatic rings. The second kappa shape index (κ2) is 5.19. The van der Waals surface area contributed by atoms with Crippen molar-refractivity contribution in [2.75, 3.05) is 0 Å². The Morgan fingerprint density at radius 3 is 2.72 bits per heavy atom. The Balaban J connectivity index is 1.51. The van der Waals surface area contributed by atoms with Gasteiger partial charge in [0.2, 0.25) is 0 Å². The van der Waals surface area contributed by atoms with E-state index < -0.39 is 5.60 Å². The summed E-state index contributed by atoms with van der Waals surface area (Å²) in [7, 11) is 0. The van der Waals surface area contributed by atoms with Crippen molar-refractivity contribution in [1.29, 1.82) is 0 Å². The minimum atomic E-state index is -0.416. The van der Waals surface area contributed by atoms with E-state index in [9.17, 15) is 5.11 Å². The van der Waals surface area contributed by atoms with Gasteiger partial charge in [-0.1, -0.05) is 6.92 Å². The van der Waals surface area contributed by atoms with Gasteiger partial charge in [-0.15, -0.1) is 0 Å². The predicted octanol–water partition coefficient (Wildman–Crippen LogP) is 3.73. The zero-order valence-electron chi connectivity index (χ0n) is 15.2. The maximum atomic E-state index is 11.1. The fraction of sp³-hybridized carbons (Fsp3) is 0.700. The van der Waals surface area contributed by atoms with Crippen LogP contribution in [0.25, 0.3) is 11.5 Å². The average Bonchev–Trinajstić information content (AvgIpc) is 3.20. The topological polar surface area (TPSA) is 66.7 Å². The average molecular weight is 340 g/mol. The van der Waals surface area contributed by atoms with Crippen LogP contribution in [0.3, 0.4) is 0 Å². The molecule has 2 aromatic rings. The standard InChI is InChI=1S/C20H28N4O/c1-3-16-7-17(23-22-16)18-21-4-5-24(18)13(2)19-8-14-6-15(9-19)11-20(25,10-14)12-19/h4-5,7,13-15,25H,3,6,8-12H2,1-2H3,(H,22,23)/t13-,14+,15+,19?,20?/m1/s1. The Kier molecular flexibility index (Phi) is 3.25. The summed E-state index contributed by atoms with van der Waals surface area (Å²) in [6, 6.07) is 2.45. The summed E-state index contributed by atoms with van der Waals surface area (Å²) in [5, 5.41) is 18.7. The molecule has 4 saturated carbocycles. The first-order valence-electron chi connectivity index (χ1n) is 9.80.